The van der Waals surface area contributed by atoms with Crippen molar-refractivity contribution in [2.75, 3.05) is 33.7 Å². The van der Waals surface area contributed by atoms with Crippen molar-refractivity contribution in [3.8, 4) is 17.2 Å². The van der Waals surface area contributed by atoms with E-state index < -0.39 is 0 Å². The van der Waals surface area contributed by atoms with Crippen LogP contribution in [-0.2, 0) is 11.3 Å². The molecule has 1 N–H and O–H groups in total. The molecular weight excluding hydrogens is 246 g/mol. The summed E-state index contributed by atoms with van der Waals surface area (Å²) in [5.41, 5.74) is 1.08. The van der Waals surface area contributed by atoms with Gasteiger partial charge in [0.05, 0.1) is 6.61 Å². The summed E-state index contributed by atoms with van der Waals surface area (Å²) < 4.78 is 21.5. The Bertz CT molecular complexity index is 372. The fourth-order valence-corrected chi connectivity index (χ4v) is 1.87. The van der Waals surface area contributed by atoms with Gasteiger partial charge in [-0.05, 0) is 19.0 Å². The van der Waals surface area contributed by atoms with Gasteiger partial charge in [-0.25, -0.2) is 0 Å². The van der Waals surface area contributed by atoms with E-state index in [9.17, 15) is 0 Å². The van der Waals surface area contributed by atoms with Gasteiger partial charge in [0.2, 0.25) is 6.79 Å². The van der Waals surface area contributed by atoms with Gasteiger partial charge in [0, 0.05) is 25.3 Å². The molecule has 0 amide bonds. The van der Waals surface area contributed by atoms with Crippen molar-refractivity contribution in [1.29, 1.82) is 0 Å². The first-order valence-electron chi connectivity index (χ1n) is 6.60. The molecule has 0 radical (unpaired) electrons. The van der Waals surface area contributed by atoms with Crippen LogP contribution in [0.15, 0.2) is 12.1 Å². The number of ether oxygens (including phenoxy) is 4. The monoisotopic (exact) mass is 267 g/mol. The number of benzene rings is 1. The maximum absolute atomic E-state index is 5.73. The molecule has 1 heterocycles. The van der Waals surface area contributed by atoms with Gasteiger partial charge in [0.25, 0.3) is 0 Å². The molecule has 106 valence electrons. The van der Waals surface area contributed by atoms with E-state index in [4.69, 9.17) is 18.9 Å². The van der Waals surface area contributed by atoms with Crippen molar-refractivity contribution < 1.29 is 18.9 Å². The summed E-state index contributed by atoms with van der Waals surface area (Å²) >= 11 is 0. The maximum atomic E-state index is 5.73. The highest BCUT2D eigenvalue weighted by atomic mass is 16.7. The highest BCUT2D eigenvalue weighted by Gasteiger charge is 2.17. The average molecular weight is 267 g/mol. The predicted molar refractivity (Wildman–Crippen MR) is 71.9 cm³/mol. The quantitative estimate of drug-likeness (QED) is 0.729. The van der Waals surface area contributed by atoms with Gasteiger partial charge in [0.15, 0.2) is 11.5 Å². The minimum atomic E-state index is 0.276. The van der Waals surface area contributed by atoms with Crippen LogP contribution in [0.1, 0.15) is 18.9 Å². The lowest BCUT2D eigenvalue weighted by molar-refractivity contribution is 0.145. The molecule has 0 spiro atoms. The van der Waals surface area contributed by atoms with Crippen molar-refractivity contribution in [1.82, 2.24) is 5.32 Å². The van der Waals surface area contributed by atoms with E-state index in [1.165, 1.54) is 0 Å². The van der Waals surface area contributed by atoms with Crippen molar-refractivity contribution in [3.05, 3.63) is 17.7 Å². The minimum absolute atomic E-state index is 0.276. The molecule has 0 unspecified atom stereocenters. The number of fused-ring (bicyclic) bond motifs is 1. The SMILES string of the molecule is CCCNCc1cc2c(cc1OCCOC)OCO2. The molecule has 0 saturated carbocycles. The highest BCUT2D eigenvalue weighted by molar-refractivity contribution is 5.51. The van der Waals surface area contributed by atoms with Crippen LogP contribution in [0.4, 0.5) is 0 Å². The van der Waals surface area contributed by atoms with E-state index in [2.05, 4.69) is 12.2 Å². The van der Waals surface area contributed by atoms with E-state index in [1.807, 2.05) is 12.1 Å². The second-order valence-electron chi connectivity index (χ2n) is 4.33. The average Bonchev–Trinajstić information content (AvgIpc) is 2.86. The molecule has 1 aromatic rings. The zero-order valence-electron chi connectivity index (χ0n) is 11.5. The van der Waals surface area contributed by atoms with Crippen molar-refractivity contribution in [3.63, 3.8) is 0 Å². The van der Waals surface area contributed by atoms with Crippen LogP contribution in [0.5, 0.6) is 17.2 Å². The second-order valence-corrected chi connectivity index (χ2v) is 4.33. The molecule has 0 aliphatic carbocycles. The van der Waals surface area contributed by atoms with Crippen LogP contribution in [0, 0.1) is 0 Å². The molecule has 5 heteroatoms. The van der Waals surface area contributed by atoms with Crippen molar-refractivity contribution in [2.45, 2.75) is 19.9 Å². The van der Waals surface area contributed by atoms with Crippen molar-refractivity contribution in [2.24, 2.45) is 0 Å². The van der Waals surface area contributed by atoms with Crippen LogP contribution in [0.3, 0.4) is 0 Å². The maximum Gasteiger partial charge on any atom is 0.231 e. The fourth-order valence-electron chi connectivity index (χ4n) is 1.87. The van der Waals surface area contributed by atoms with Gasteiger partial charge in [-0.3, -0.25) is 0 Å². The summed E-state index contributed by atoms with van der Waals surface area (Å²) in [5.74, 6) is 2.35. The lowest BCUT2D eigenvalue weighted by Gasteiger charge is -2.13. The van der Waals surface area contributed by atoms with E-state index in [0.717, 1.165) is 42.3 Å². The lowest BCUT2D eigenvalue weighted by Crippen LogP contribution is -2.15. The van der Waals surface area contributed by atoms with E-state index in [-0.39, 0.29) is 6.79 Å². The van der Waals surface area contributed by atoms with E-state index in [0.29, 0.717) is 13.2 Å². The molecule has 19 heavy (non-hydrogen) atoms. The summed E-state index contributed by atoms with van der Waals surface area (Å²) in [5, 5.41) is 3.37. The normalized spacial score (nSPS) is 12.7. The van der Waals surface area contributed by atoms with Crippen LogP contribution in [0.25, 0.3) is 0 Å². The molecule has 1 aliphatic heterocycles. The minimum Gasteiger partial charge on any atom is -0.491 e. The fraction of sp³-hybridized carbons (Fsp3) is 0.571. The van der Waals surface area contributed by atoms with Gasteiger partial charge in [-0.2, -0.15) is 0 Å². The molecule has 1 aliphatic rings. The Balaban J connectivity index is 2.07. The Morgan fingerprint density at radius 3 is 2.74 bits per heavy atom. The summed E-state index contributed by atoms with van der Waals surface area (Å²) in [6, 6.07) is 3.87. The molecule has 0 bridgehead atoms. The summed E-state index contributed by atoms with van der Waals surface area (Å²) in [6.07, 6.45) is 1.10. The first kappa shape index (κ1) is 14.0. The van der Waals surface area contributed by atoms with E-state index >= 15 is 0 Å². The van der Waals surface area contributed by atoms with Gasteiger partial charge in [-0.15, -0.1) is 0 Å². The first-order valence-corrected chi connectivity index (χ1v) is 6.60. The van der Waals surface area contributed by atoms with Crippen LogP contribution >= 0.6 is 0 Å². The lowest BCUT2D eigenvalue weighted by atomic mass is 10.1. The third-order valence-electron chi connectivity index (χ3n) is 2.84. The third-order valence-corrected chi connectivity index (χ3v) is 2.84. The molecule has 1 aromatic carbocycles. The van der Waals surface area contributed by atoms with Gasteiger partial charge < -0.3 is 24.3 Å². The number of nitrogens with one attached hydrogen (secondary N) is 1. The highest BCUT2D eigenvalue weighted by Crippen LogP contribution is 2.38. The first-order chi connectivity index (χ1) is 9.35. The zero-order valence-corrected chi connectivity index (χ0v) is 11.5. The summed E-state index contributed by atoms with van der Waals surface area (Å²) in [6.45, 7) is 5.24. The van der Waals surface area contributed by atoms with Gasteiger partial charge in [-0.1, -0.05) is 6.92 Å². The van der Waals surface area contributed by atoms with Crippen molar-refractivity contribution >= 4 is 0 Å². The van der Waals surface area contributed by atoms with Crippen LogP contribution in [-0.4, -0.2) is 33.7 Å². The third kappa shape index (κ3) is 3.75. The predicted octanol–water partition coefficient (Wildman–Crippen LogP) is 1.94. The molecule has 0 fully saturated rings. The van der Waals surface area contributed by atoms with Gasteiger partial charge >= 0.3 is 0 Å². The zero-order chi connectivity index (χ0) is 13.5. The molecular formula is C14H21NO4. The Labute approximate surface area is 113 Å². The number of methoxy groups -OCH3 is 1. The molecule has 0 saturated heterocycles. The Morgan fingerprint density at radius 1 is 1.21 bits per heavy atom. The largest absolute Gasteiger partial charge is 0.491 e. The molecule has 0 atom stereocenters. The molecule has 0 aromatic heterocycles. The number of hydrogen-bond acceptors (Lipinski definition) is 5. The smallest absolute Gasteiger partial charge is 0.231 e. The molecule has 5 nitrogen and oxygen atoms in total. The van der Waals surface area contributed by atoms with Gasteiger partial charge in [0.1, 0.15) is 12.4 Å². The van der Waals surface area contributed by atoms with Crippen LogP contribution in [0.2, 0.25) is 0 Å². The summed E-state index contributed by atoms with van der Waals surface area (Å²) in [7, 11) is 1.66. The topological polar surface area (TPSA) is 49.0 Å². The van der Waals surface area contributed by atoms with E-state index in [1.54, 1.807) is 7.11 Å². The van der Waals surface area contributed by atoms with Crippen LogP contribution < -0.4 is 19.5 Å². The Morgan fingerprint density at radius 2 is 2.00 bits per heavy atom. The molecule has 2 rings (SSSR count). The number of rotatable bonds is 8. The Kier molecular flexibility index (Phi) is 5.30. The standard InChI is InChI=1S/C14H21NO4/c1-3-4-15-9-11-7-13-14(19-10-18-13)8-12(11)17-6-5-16-2/h7-8,15H,3-6,9-10H2,1-2H3. The summed E-state index contributed by atoms with van der Waals surface area (Å²) in [4.78, 5) is 0. The second kappa shape index (κ2) is 7.21. The number of hydrogen-bond donors (Lipinski definition) is 1. The Hall–Kier alpha value is -1.46.